The number of nitrogens with zero attached hydrogens (tertiary/aromatic N) is 1. The highest BCUT2D eigenvalue weighted by molar-refractivity contribution is 8.01. The lowest BCUT2D eigenvalue weighted by Gasteiger charge is -2.29. The maximum Gasteiger partial charge on any atom is 0.387 e. The van der Waals surface area contributed by atoms with Crippen LogP contribution in [0.5, 0.6) is 5.75 Å². The zero-order valence-corrected chi connectivity index (χ0v) is 16.1. The first-order chi connectivity index (χ1) is 13.2. The molecule has 0 aliphatic carbocycles. The number of hydrogen-bond acceptors (Lipinski definition) is 6. The third-order valence-electron chi connectivity index (χ3n) is 4.74. The number of nitrogens with one attached hydrogen (secondary N) is 1. The molecule has 0 radical (unpaired) electrons. The Labute approximate surface area is 164 Å². The van der Waals surface area contributed by atoms with Gasteiger partial charge in [-0.2, -0.15) is 8.78 Å². The van der Waals surface area contributed by atoms with Gasteiger partial charge in [0, 0.05) is 12.2 Å². The van der Waals surface area contributed by atoms with Crippen molar-refractivity contribution in [2.45, 2.75) is 50.3 Å². The summed E-state index contributed by atoms with van der Waals surface area (Å²) in [6.07, 6.45) is -0.136. The van der Waals surface area contributed by atoms with Gasteiger partial charge in [-0.3, -0.25) is 9.59 Å². The van der Waals surface area contributed by atoms with Crippen LogP contribution < -0.4 is 10.1 Å². The van der Waals surface area contributed by atoms with Crippen LogP contribution in [0.3, 0.4) is 0 Å². The second-order valence-corrected chi connectivity index (χ2v) is 8.21. The van der Waals surface area contributed by atoms with E-state index < -0.39 is 35.5 Å². The third kappa shape index (κ3) is 4.06. The van der Waals surface area contributed by atoms with Crippen LogP contribution in [0.25, 0.3) is 0 Å². The highest BCUT2D eigenvalue weighted by Gasteiger charge is 2.53. The maximum absolute atomic E-state index is 12.5. The van der Waals surface area contributed by atoms with Gasteiger partial charge in [-0.1, -0.05) is 12.1 Å². The van der Waals surface area contributed by atoms with E-state index in [-0.39, 0.29) is 17.3 Å². The number of rotatable bonds is 6. The monoisotopic (exact) mass is 414 g/mol. The van der Waals surface area contributed by atoms with E-state index in [0.717, 1.165) is 0 Å². The molecule has 3 rings (SSSR count). The van der Waals surface area contributed by atoms with Crippen LogP contribution in [0.1, 0.15) is 26.7 Å². The van der Waals surface area contributed by atoms with Gasteiger partial charge < -0.3 is 19.7 Å². The summed E-state index contributed by atoms with van der Waals surface area (Å²) in [7, 11) is 0. The highest BCUT2D eigenvalue weighted by Crippen LogP contribution is 2.47. The zero-order valence-electron chi connectivity index (χ0n) is 15.3. The van der Waals surface area contributed by atoms with E-state index in [0.29, 0.717) is 18.6 Å². The molecule has 3 atom stereocenters. The lowest BCUT2D eigenvalue weighted by Crippen LogP contribution is -2.48. The molecule has 0 saturated carbocycles. The smallest absolute Gasteiger partial charge is 0.387 e. The Morgan fingerprint density at radius 2 is 2.07 bits per heavy atom. The van der Waals surface area contributed by atoms with E-state index in [4.69, 9.17) is 4.74 Å². The van der Waals surface area contributed by atoms with Crippen LogP contribution in [0, 0.1) is 0 Å². The molecular weight excluding hydrogens is 394 g/mol. The number of thioether (sulfide) groups is 1. The number of benzene rings is 1. The first-order valence-electron chi connectivity index (χ1n) is 8.72. The SMILES string of the molecule is C[C@H](OC(=O)[C@@H]1CS[C@@]2(C)CCC(=O)N12)C(=O)Nc1ccccc1OC(F)F. The maximum atomic E-state index is 12.5. The van der Waals surface area contributed by atoms with E-state index in [1.807, 2.05) is 6.92 Å². The number of esters is 1. The topological polar surface area (TPSA) is 84.9 Å². The van der Waals surface area contributed by atoms with Gasteiger partial charge in [0.1, 0.15) is 11.8 Å². The molecule has 1 N–H and O–H groups in total. The first kappa shape index (κ1) is 20.4. The van der Waals surface area contributed by atoms with Crippen molar-refractivity contribution in [3.63, 3.8) is 0 Å². The van der Waals surface area contributed by atoms with Crippen molar-refractivity contribution >= 4 is 35.2 Å². The van der Waals surface area contributed by atoms with Gasteiger partial charge in [-0.25, -0.2) is 4.79 Å². The fourth-order valence-corrected chi connectivity index (χ4v) is 4.72. The van der Waals surface area contributed by atoms with Crippen molar-refractivity contribution in [3.8, 4) is 5.75 Å². The fraction of sp³-hybridized carbons (Fsp3) is 0.500. The van der Waals surface area contributed by atoms with E-state index >= 15 is 0 Å². The lowest BCUT2D eigenvalue weighted by atomic mass is 10.2. The van der Waals surface area contributed by atoms with Crippen LogP contribution in [0.2, 0.25) is 0 Å². The molecule has 2 aliphatic rings. The zero-order chi connectivity index (χ0) is 20.5. The number of alkyl halides is 2. The molecule has 2 saturated heterocycles. The van der Waals surface area contributed by atoms with Gasteiger partial charge in [0.15, 0.2) is 6.10 Å². The average molecular weight is 414 g/mol. The van der Waals surface area contributed by atoms with Crippen molar-refractivity contribution < 1.29 is 32.6 Å². The normalized spacial score (nSPS) is 24.8. The van der Waals surface area contributed by atoms with E-state index in [9.17, 15) is 23.2 Å². The standard InChI is InChI=1S/C18H20F2N2O5S/c1-10(15(24)21-11-5-3-4-6-13(11)27-17(19)20)26-16(25)12-9-28-18(2)8-7-14(23)22(12)18/h3-6,10,12,17H,7-9H2,1-2H3,(H,21,24)/t10-,12-,18-/m0/s1. The molecule has 2 aliphatic heterocycles. The summed E-state index contributed by atoms with van der Waals surface area (Å²) in [4.78, 5) is 38.1. The molecule has 0 spiro atoms. The van der Waals surface area contributed by atoms with Crippen LogP contribution in [-0.4, -0.2) is 52.1 Å². The molecule has 7 nitrogen and oxygen atoms in total. The number of halogens is 2. The first-order valence-corrected chi connectivity index (χ1v) is 9.71. The molecule has 0 bridgehead atoms. The number of carbonyl (C=O) groups excluding carboxylic acids is 3. The number of fused-ring (bicyclic) bond motifs is 1. The predicted molar refractivity (Wildman–Crippen MR) is 98.0 cm³/mol. The van der Waals surface area contributed by atoms with E-state index in [1.165, 1.54) is 41.8 Å². The van der Waals surface area contributed by atoms with Gasteiger partial charge in [-0.05, 0) is 32.4 Å². The Hall–Kier alpha value is -2.36. The molecule has 2 amide bonds. The molecule has 10 heteroatoms. The predicted octanol–water partition coefficient (Wildman–Crippen LogP) is 2.61. The van der Waals surface area contributed by atoms with Crippen LogP contribution >= 0.6 is 11.8 Å². The molecule has 28 heavy (non-hydrogen) atoms. The number of anilines is 1. The molecule has 2 heterocycles. The number of amides is 2. The van der Waals surface area contributed by atoms with Crippen molar-refractivity contribution in [2.75, 3.05) is 11.1 Å². The van der Waals surface area contributed by atoms with Crippen molar-refractivity contribution in [3.05, 3.63) is 24.3 Å². The summed E-state index contributed by atoms with van der Waals surface area (Å²) >= 11 is 1.52. The summed E-state index contributed by atoms with van der Waals surface area (Å²) < 4.78 is 34.5. The summed E-state index contributed by atoms with van der Waals surface area (Å²) in [5.41, 5.74) is 0.0365. The number of hydrogen-bond donors (Lipinski definition) is 1. The van der Waals surface area contributed by atoms with Gasteiger partial charge in [0.05, 0.1) is 10.6 Å². The largest absolute Gasteiger partial charge is 0.451 e. The number of ether oxygens (including phenoxy) is 2. The summed E-state index contributed by atoms with van der Waals surface area (Å²) in [6, 6.07) is 4.97. The summed E-state index contributed by atoms with van der Waals surface area (Å²) in [5, 5.41) is 2.41. The molecule has 2 fully saturated rings. The molecule has 0 aromatic heterocycles. The molecular formula is C18H20F2N2O5S. The second kappa shape index (κ2) is 7.94. The van der Waals surface area contributed by atoms with Crippen LogP contribution in [-0.2, 0) is 19.1 Å². The summed E-state index contributed by atoms with van der Waals surface area (Å²) in [6.45, 7) is 0.239. The lowest BCUT2D eigenvalue weighted by molar-refractivity contribution is -0.160. The van der Waals surface area contributed by atoms with Gasteiger partial charge in [0.25, 0.3) is 5.91 Å². The van der Waals surface area contributed by atoms with Gasteiger partial charge in [0.2, 0.25) is 5.91 Å². The van der Waals surface area contributed by atoms with E-state index in [1.54, 1.807) is 6.07 Å². The average Bonchev–Trinajstić information content (AvgIpc) is 3.12. The van der Waals surface area contributed by atoms with Crippen molar-refractivity contribution in [1.82, 2.24) is 4.90 Å². The van der Waals surface area contributed by atoms with Gasteiger partial charge in [-0.15, -0.1) is 11.8 Å². The fourth-order valence-electron chi connectivity index (χ4n) is 3.30. The Balaban J connectivity index is 1.62. The Morgan fingerprint density at radius 3 is 2.79 bits per heavy atom. The van der Waals surface area contributed by atoms with Crippen molar-refractivity contribution in [2.24, 2.45) is 0 Å². The molecule has 0 unspecified atom stereocenters. The Bertz CT molecular complexity index is 793. The number of para-hydroxylation sites is 2. The van der Waals surface area contributed by atoms with Crippen LogP contribution in [0.4, 0.5) is 14.5 Å². The van der Waals surface area contributed by atoms with Gasteiger partial charge >= 0.3 is 12.6 Å². The highest BCUT2D eigenvalue weighted by atomic mass is 32.2. The molecule has 152 valence electrons. The van der Waals surface area contributed by atoms with Crippen molar-refractivity contribution in [1.29, 1.82) is 0 Å². The van der Waals surface area contributed by atoms with Crippen LogP contribution in [0.15, 0.2) is 24.3 Å². The van der Waals surface area contributed by atoms with E-state index in [2.05, 4.69) is 10.1 Å². The minimum Gasteiger partial charge on any atom is -0.451 e. The minimum atomic E-state index is -3.04. The summed E-state index contributed by atoms with van der Waals surface area (Å²) in [5.74, 6) is -1.26. The quantitative estimate of drug-likeness (QED) is 0.721. The number of carbonyl (C=O) groups is 3. The molecule has 1 aromatic carbocycles. The second-order valence-electron chi connectivity index (χ2n) is 6.71. The Kier molecular flexibility index (Phi) is 5.78. The Morgan fingerprint density at radius 1 is 1.36 bits per heavy atom. The minimum absolute atomic E-state index is 0.0365. The third-order valence-corrected chi connectivity index (χ3v) is 6.25. The molecule has 1 aromatic rings.